The summed E-state index contributed by atoms with van der Waals surface area (Å²) in [5.41, 5.74) is 4.14. The first-order valence-electron chi connectivity index (χ1n) is 10.1. The van der Waals surface area contributed by atoms with Gasteiger partial charge >= 0.3 is 0 Å². The molecule has 0 saturated carbocycles. The van der Waals surface area contributed by atoms with Crippen molar-refractivity contribution in [2.45, 2.75) is 38.5 Å². The lowest BCUT2D eigenvalue weighted by Gasteiger charge is -2.28. The van der Waals surface area contributed by atoms with E-state index in [9.17, 15) is 18.7 Å². The fourth-order valence-corrected chi connectivity index (χ4v) is 4.92. The van der Waals surface area contributed by atoms with Crippen LogP contribution in [0.4, 0.5) is 8.78 Å². The second-order valence-corrected chi connectivity index (χ2v) is 8.52. The Labute approximate surface area is 182 Å². The van der Waals surface area contributed by atoms with Gasteiger partial charge in [0, 0.05) is 54.7 Å². The Kier molecular flexibility index (Phi) is 4.83. The van der Waals surface area contributed by atoms with Crippen LogP contribution in [0.1, 0.15) is 35.3 Å². The highest BCUT2D eigenvalue weighted by atomic mass is 35.5. The SMILES string of the molecule is CC(=O)N1CCc2c(c(-c3ccc(F)cc3)nn2C2c3cc(Cl)cc(F)c3C[C@H]2O)C1. The van der Waals surface area contributed by atoms with E-state index in [1.54, 1.807) is 27.8 Å². The second kappa shape index (κ2) is 7.43. The largest absolute Gasteiger partial charge is 0.390 e. The fourth-order valence-electron chi connectivity index (χ4n) is 4.71. The van der Waals surface area contributed by atoms with Crippen LogP contribution in [0, 0.1) is 11.6 Å². The molecule has 8 heteroatoms. The Balaban J connectivity index is 1.69. The number of hydrogen-bond donors (Lipinski definition) is 1. The molecule has 0 fully saturated rings. The highest BCUT2D eigenvalue weighted by Gasteiger charge is 2.39. The maximum Gasteiger partial charge on any atom is 0.219 e. The number of carbonyl (C=O) groups excluding carboxylic acids is 1. The standard InChI is InChI=1S/C23H20ClF2N3O2/c1-12(30)28-7-6-20-18(11-28)22(13-2-4-15(25)5-3-13)27-29(20)23-17-8-14(24)9-19(26)16(17)10-21(23)31/h2-5,8-9,21,23,31H,6-7,10-11H2,1H3/t21-,23?/m1/s1. The molecule has 5 rings (SSSR count). The van der Waals surface area contributed by atoms with Crippen LogP contribution in [0.2, 0.25) is 5.02 Å². The minimum atomic E-state index is -0.862. The van der Waals surface area contributed by atoms with Crippen LogP contribution in [-0.4, -0.2) is 38.3 Å². The van der Waals surface area contributed by atoms with Gasteiger partial charge in [0.1, 0.15) is 17.7 Å². The molecule has 1 aliphatic carbocycles. The van der Waals surface area contributed by atoms with Crippen LogP contribution in [0.5, 0.6) is 0 Å². The van der Waals surface area contributed by atoms with Gasteiger partial charge in [0.25, 0.3) is 0 Å². The molecule has 31 heavy (non-hydrogen) atoms. The van der Waals surface area contributed by atoms with Gasteiger partial charge in [-0.25, -0.2) is 8.78 Å². The first kappa shape index (κ1) is 20.2. The summed E-state index contributed by atoms with van der Waals surface area (Å²) in [6, 6.07) is 8.35. The van der Waals surface area contributed by atoms with Crippen molar-refractivity contribution in [1.82, 2.24) is 14.7 Å². The second-order valence-electron chi connectivity index (χ2n) is 8.09. The summed E-state index contributed by atoms with van der Waals surface area (Å²) in [7, 11) is 0. The monoisotopic (exact) mass is 443 g/mol. The van der Waals surface area contributed by atoms with Crippen molar-refractivity contribution < 1.29 is 18.7 Å². The summed E-state index contributed by atoms with van der Waals surface area (Å²) in [6.45, 7) is 2.42. The Morgan fingerprint density at radius 1 is 1.19 bits per heavy atom. The number of fused-ring (bicyclic) bond motifs is 2. The van der Waals surface area contributed by atoms with Crippen molar-refractivity contribution in [3.8, 4) is 11.3 Å². The van der Waals surface area contributed by atoms with E-state index in [1.807, 2.05) is 0 Å². The summed E-state index contributed by atoms with van der Waals surface area (Å²) < 4.78 is 29.7. The smallest absolute Gasteiger partial charge is 0.219 e. The molecule has 0 spiro atoms. The number of aliphatic hydroxyl groups excluding tert-OH is 1. The van der Waals surface area contributed by atoms with Gasteiger partial charge in [0.2, 0.25) is 5.91 Å². The topological polar surface area (TPSA) is 58.4 Å². The van der Waals surface area contributed by atoms with Gasteiger partial charge < -0.3 is 10.0 Å². The molecule has 1 N–H and O–H groups in total. The van der Waals surface area contributed by atoms with E-state index in [4.69, 9.17) is 16.7 Å². The first-order chi connectivity index (χ1) is 14.8. The molecule has 2 aromatic carbocycles. The zero-order chi connectivity index (χ0) is 21.9. The maximum atomic E-state index is 14.5. The summed E-state index contributed by atoms with van der Waals surface area (Å²) in [5.74, 6) is -0.831. The summed E-state index contributed by atoms with van der Waals surface area (Å²) >= 11 is 6.11. The maximum absolute atomic E-state index is 14.5. The summed E-state index contributed by atoms with van der Waals surface area (Å²) in [6.07, 6.45) is -0.146. The normalized spacial score (nSPS) is 20.0. The van der Waals surface area contributed by atoms with Crippen molar-refractivity contribution in [2.75, 3.05) is 6.54 Å². The number of amides is 1. The summed E-state index contributed by atoms with van der Waals surface area (Å²) in [5, 5.41) is 15.9. The van der Waals surface area contributed by atoms with Gasteiger partial charge in [-0.2, -0.15) is 5.10 Å². The van der Waals surface area contributed by atoms with E-state index < -0.39 is 18.0 Å². The van der Waals surface area contributed by atoms with Gasteiger partial charge in [-0.05, 0) is 47.5 Å². The predicted octanol–water partition coefficient (Wildman–Crippen LogP) is 3.89. The molecule has 0 radical (unpaired) electrons. The molecular weight excluding hydrogens is 424 g/mol. The number of aromatic nitrogens is 2. The van der Waals surface area contributed by atoms with Crippen LogP contribution in [-0.2, 0) is 24.2 Å². The molecule has 1 amide bonds. The minimum absolute atomic E-state index is 0.0384. The molecule has 1 aliphatic heterocycles. The first-order valence-corrected chi connectivity index (χ1v) is 10.5. The molecule has 3 aromatic rings. The van der Waals surface area contributed by atoms with Gasteiger partial charge in [-0.15, -0.1) is 0 Å². The number of nitrogens with zero attached hydrogens (tertiary/aromatic N) is 3. The fraction of sp³-hybridized carbons (Fsp3) is 0.304. The Morgan fingerprint density at radius 3 is 2.65 bits per heavy atom. The van der Waals surface area contributed by atoms with E-state index in [1.165, 1.54) is 25.1 Å². The quantitative estimate of drug-likeness (QED) is 0.653. The van der Waals surface area contributed by atoms with Crippen LogP contribution in [0.25, 0.3) is 11.3 Å². The van der Waals surface area contributed by atoms with E-state index in [0.29, 0.717) is 41.9 Å². The highest BCUT2D eigenvalue weighted by molar-refractivity contribution is 6.30. The summed E-state index contributed by atoms with van der Waals surface area (Å²) in [4.78, 5) is 13.7. The third kappa shape index (κ3) is 3.32. The predicted molar refractivity (Wildman–Crippen MR) is 112 cm³/mol. The lowest BCUT2D eigenvalue weighted by atomic mass is 10.00. The lowest BCUT2D eigenvalue weighted by Crippen LogP contribution is -2.35. The Bertz CT molecular complexity index is 1190. The number of rotatable bonds is 2. The molecular formula is C23H20ClF2N3O2. The van der Waals surface area contributed by atoms with E-state index in [2.05, 4.69) is 0 Å². The number of benzene rings is 2. The highest BCUT2D eigenvalue weighted by Crippen LogP contribution is 2.41. The molecule has 2 heterocycles. The van der Waals surface area contributed by atoms with Gasteiger partial charge in [-0.1, -0.05) is 11.6 Å². The van der Waals surface area contributed by atoms with Gasteiger partial charge in [0.15, 0.2) is 0 Å². The average molecular weight is 444 g/mol. The number of carbonyl (C=O) groups is 1. The van der Waals surface area contributed by atoms with Crippen LogP contribution in [0.3, 0.4) is 0 Å². The third-order valence-electron chi connectivity index (χ3n) is 6.20. The van der Waals surface area contributed by atoms with E-state index in [-0.39, 0.29) is 23.2 Å². The zero-order valence-corrected chi connectivity index (χ0v) is 17.5. The van der Waals surface area contributed by atoms with Crippen molar-refractivity contribution >= 4 is 17.5 Å². The van der Waals surface area contributed by atoms with Gasteiger partial charge in [-0.3, -0.25) is 9.48 Å². The van der Waals surface area contributed by atoms with Crippen LogP contribution >= 0.6 is 11.6 Å². The van der Waals surface area contributed by atoms with Gasteiger partial charge in [0.05, 0.1) is 11.8 Å². The average Bonchev–Trinajstić information content (AvgIpc) is 3.25. The number of aliphatic hydroxyl groups is 1. The van der Waals surface area contributed by atoms with Crippen LogP contribution < -0.4 is 0 Å². The van der Waals surface area contributed by atoms with Crippen molar-refractivity contribution in [1.29, 1.82) is 0 Å². The van der Waals surface area contributed by atoms with E-state index in [0.717, 1.165) is 11.3 Å². The van der Waals surface area contributed by atoms with E-state index >= 15 is 0 Å². The molecule has 1 unspecified atom stereocenters. The lowest BCUT2D eigenvalue weighted by molar-refractivity contribution is -0.129. The molecule has 160 valence electrons. The molecule has 2 atom stereocenters. The number of hydrogen-bond acceptors (Lipinski definition) is 3. The van der Waals surface area contributed by atoms with Crippen LogP contribution in [0.15, 0.2) is 36.4 Å². The molecule has 1 aromatic heterocycles. The molecule has 0 bridgehead atoms. The molecule has 0 saturated heterocycles. The van der Waals surface area contributed by atoms with Crippen molar-refractivity contribution in [3.63, 3.8) is 0 Å². The third-order valence-corrected chi connectivity index (χ3v) is 6.42. The Morgan fingerprint density at radius 2 is 1.94 bits per heavy atom. The molecule has 2 aliphatic rings. The van der Waals surface area contributed by atoms with Crippen molar-refractivity contribution in [3.05, 3.63) is 75.4 Å². The number of halogens is 3. The van der Waals surface area contributed by atoms with Crippen molar-refractivity contribution in [2.24, 2.45) is 0 Å². The minimum Gasteiger partial charge on any atom is -0.390 e. The Hall–Kier alpha value is -2.77. The zero-order valence-electron chi connectivity index (χ0n) is 16.8. The molecule has 5 nitrogen and oxygen atoms in total.